The molecule has 4 aliphatic rings. The van der Waals surface area contributed by atoms with Crippen molar-refractivity contribution in [1.82, 2.24) is 10.3 Å². The zero-order valence-electron chi connectivity index (χ0n) is 41.9. The Labute approximate surface area is 428 Å². The predicted molar refractivity (Wildman–Crippen MR) is 284 cm³/mol. The highest BCUT2D eigenvalue weighted by atomic mass is 16.5. The van der Waals surface area contributed by atoms with Gasteiger partial charge in [0.05, 0.1) is 32.5 Å². The van der Waals surface area contributed by atoms with Crippen molar-refractivity contribution in [2.24, 2.45) is 5.92 Å². The largest absolute Gasteiger partial charge is 0.508 e. The maximum Gasteiger partial charge on any atom is 0.335 e. The van der Waals surface area contributed by atoms with Crippen LogP contribution >= 0.6 is 0 Å². The van der Waals surface area contributed by atoms with E-state index >= 15 is 0 Å². The number of piperazine rings is 1. The number of methoxy groups -OCH3 is 1. The van der Waals surface area contributed by atoms with E-state index in [0.717, 1.165) is 82.1 Å². The van der Waals surface area contributed by atoms with Crippen molar-refractivity contribution in [1.29, 1.82) is 0 Å². The average molecular weight is 992 g/mol. The monoisotopic (exact) mass is 991 g/mol. The quantitative estimate of drug-likeness (QED) is 0.0578. The lowest BCUT2D eigenvalue weighted by atomic mass is 9.89. The smallest absolute Gasteiger partial charge is 0.335 e. The molecule has 0 amide bonds. The van der Waals surface area contributed by atoms with Crippen LogP contribution in [0, 0.1) is 5.92 Å². The molecule has 0 radical (unpaired) electrons. The van der Waals surface area contributed by atoms with Crippen molar-refractivity contribution >= 4 is 17.7 Å². The molecular formula is C60H69N3O10. The Bertz CT molecular complexity index is 2850. The highest BCUT2D eigenvalue weighted by Gasteiger charge is 2.41. The van der Waals surface area contributed by atoms with Crippen LogP contribution < -0.4 is 34.1 Å². The van der Waals surface area contributed by atoms with Crippen molar-refractivity contribution < 1.29 is 49.3 Å². The number of ketones is 1. The summed E-state index contributed by atoms with van der Waals surface area (Å²) < 4.78 is 26.8. The number of hydrogen-bond acceptors (Lipinski definition) is 11. The Balaban J connectivity index is 1.17. The van der Waals surface area contributed by atoms with Crippen molar-refractivity contribution in [3.63, 3.8) is 0 Å². The van der Waals surface area contributed by atoms with Gasteiger partial charge in [-0.15, -0.1) is 0 Å². The Kier molecular flexibility index (Phi) is 16.8. The molecule has 4 aliphatic heterocycles. The van der Waals surface area contributed by atoms with Gasteiger partial charge in [-0.3, -0.25) is 4.79 Å². The van der Waals surface area contributed by atoms with Crippen LogP contribution in [0.4, 0.5) is 5.82 Å². The standard InChI is InChI=1S/C60H68N3O10/c1-3-45-33-51-43-12-7-11-39(29-43)16-23-49-56-55(53(69)34-54(73-56)42-18-21-47(66)22-19-42)58(71-28-24-48(67)20-15-38-9-5-4-6-10-38)59(70-2)57(49)72-37-41(36-65)30-44-17-14-40(32-50(44)52(68)13-8-27-64)31-46-35-61-25-26-63(46)60(51)62-45/h4-7,9-12,14-15,17-22,29,32-33,41,46,48,52,54,61,64-68H,3,8,13,16,23-28,30-31,34-37H2,1-2H3/q-1/p+1. The van der Waals surface area contributed by atoms with Gasteiger partial charge >= 0.3 is 5.78 Å². The molecule has 1 saturated heterocycles. The first kappa shape index (κ1) is 51.3. The maximum atomic E-state index is 12.2. The number of aliphatic hydroxyl groups excluding tert-OH is 4. The number of phenols is 1. The minimum atomic E-state index is -0.842. The number of phenolic OH excluding ortho intramolecular Hbond substituents is 1. The van der Waals surface area contributed by atoms with Gasteiger partial charge in [0, 0.05) is 31.1 Å². The van der Waals surface area contributed by atoms with Crippen molar-refractivity contribution in [3.05, 3.63) is 159 Å². The number of nitrogens with one attached hydrogen (secondary N) is 1. The molecule has 0 aliphatic carbocycles. The van der Waals surface area contributed by atoms with Gasteiger partial charge in [-0.25, -0.2) is 0 Å². The molecule has 73 heavy (non-hydrogen) atoms. The Morgan fingerprint density at radius 3 is 2.51 bits per heavy atom. The van der Waals surface area contributed by atoms with Gasteiger partial charge < -0.3 is 59.7 Å². The fraction of sp³-hybridized carbons (Fsp3) is 0.383. The number of anilines is 1. The molecular weight excluding hydrogens is 923 g/mol. The molecule has 0 spiro atoms. The van der Waals surface area contributed by atoms with Crippen molar-refractivity contribution in [2.45, 2.75) is 89.1 Å². The predicted octanol–water partition coefficient (Wildman–Crippen LogP) is 8.00. The fourth-order valence-corrected chi connectivity index (χ4v) is 10.4. The molecule has 384 valence electrons. The number of aryl methyl sites for hydroxylation is 2. The van der Waals surface area contributed by atoms with Crippen LogP contribution in [0.3, 0.4) is 0 Å². The van der Waals surface area contributed by atoms with Gasteiger partial charge in [0.2, 0.25) is 5.75 Å². The van der Waals surface area contributed by atoms with Gasteiger partial charge in [-0.1, -0.05) is 122 Å². The number of carbonyl (C=O) groups excluding carboxylic acids is 1. The second-order valence-corrected chi connectivity index (χ2v) is 19.5. The second kappa shape index (κ2) is 24.0. The highest BCUT2D eigenvalue weighted by molar-refractivity contribution is 6.05. The first-order valence-corrected chi connectivity index (χ1v) is 25.8. The minimum absolute atomic E-state index is 0.0199. The summed E-state index contributed by atoms with van der Waals surface area (Å²) in [6.07, 6.45) is 5.19. The van der Waals surface area contributed by atoms with Crippen molar-refractivity contribution in [2.75, 3.05) is 58.1 Å². The lowest BCUT2D eigenvalue weighted by Gasteiger charge is -2.45. The van der Waals surface area contributed by atoms with E-state index in [4.69, 9.17) is 23.9 Å². The first-order valence-electron chi connectivity index (χ1n) is 25.8. The van der Waals surface area contributed by atoms with Crippen LogP contribution in [0.2, 0.25) is 0 Å². The van der Waals surface area contributed by atoms with Crippen LogP contribution in [0.15, 0.2) is 109 Å². The SMILES string of the molecule is CCc1cc2c([n-]1)N1CCNCC1Cc1ccc(c(C(O)CCCO)c1)CC(CO)COc1c(c3c(c(OCCC(O)C=Cc4ccccc4)c1OC)C(=[OH+])CC(c1ccc(O)cc1)O3)CCc1cccc-2c1. The summed E-state index contributed by atoms with van der Waals surface area (Å²) in [5.74, 6) is 1.77. The van der Waals surface area contributed by atoms with Gasteiger partial charge in [0.25, 0.3) is 0 Å². The van der Waals surface area contributed by atoms with Crippen LogP contribution in [-0.2, 0) is 32.1 Å². The average Bonchev–Trinajstić information content (AvgIpc) is 3.85. The second-order valence-electron chi connectivity index (χ2n) is 19.5. The third kappa shape index (κ3) is 11.9. The summed E-state index contributed by atoms with van der Waals surface area (Å²) in [5.41, 5.74) is 9.55. The molecule has 1 aromatic heterocycles. The summed E-state index contributed by atoms with van der Waals surface area (Å²) >= 11 is 0. The Morgan fingerprint density at radius 2 is 1.73 bits per heavy atom. The van der Waals surface area contributed by atoms with Crippen LogP contribution in [-0.4, -0.2) is 101 Å². The normalized spacial score (nSPS) is 18.9. The van der Waals surface area contributed by atoms with Crippen LogP contribution in [0.25, 0.3) is 17.2 Å². The fourth-order valence-electron chi connectivity index (χ4n) is 10.4. The number of rotatable bonds is 14. The molecule has 5 aromatic carbocycles. The summed E-state index contributed by atoms with van der Waals surface area (Å²) in [7, 11) is 1.53. The number of hydrogen-bond donors (Lipinski definition) is 6. The van der Waals surface area contributed by atoms with Gasteiger partial charge in [-0.05, 0) is 127 Å². The topological polar surface area (TPSA) is 189 Å². The molecule has 7 N–H and O–H groups in total. The van der Waals surface area contributed by atoms with E-state index < -0.39 is 24.2 Å². The summed E-state index contributed by atoms with van der Waals surface area (Å²) in [4.78, 5) is 19.9. The molecule has 13 nitrogen and oxygen atoms in total. The van der Waals surface area contributed by atoms with E-state index in [0.29, 0.717) is 61.2 Å². The zero-order chi connectivity index (χ0) is 50.8. The third-order valence-corrected chi connectivity index (χ3v) is 14.4. The van der Waals surface area contributed by atoms with Crippen LogP contribution in [0.1, 0.15) is 95.0 Å². The van der Waals surface area contributed by atoms with E-state index in [-0.39, 0.29) is 68.3 Å². The number of fused-ring (bicyclic) bond motifs is 7. The lowest BCUT2D eigenvalue weighted by Crippen LogP contribution is -2.52. The Hall–Kier alpha value is -6.61. The highest BCUT2D eigenvalue weighted by Crippen LogP contribution is 2.53. The number of aromatic nitrogens is 1. The summed E-state index contributed by atoms with van der Waals surface area (Å²) in [6, 6.07) is 33.6. The Morgan fingerprint density at radius 1 is 0.890 bits per heavy atom. The summed E-state index contributed by atoms with van der Waals surface area (Å²) in [5, 5.41) is 57.6. The minimum Gasteiger partial charge on any atom is -0.508 e. The van der Waals surface area contributed by atoms with Gasteiger partial charge in [0.1, 0.15) is 24.0 Å². The third-order valence-electron chi connectivity index (χ3n) is 14.4. The number of aromatic hydroxyl groups is 1. The maximum absolute atomic E-state index is 12.2. The molecule has 5 atom stereocenters. The van der Waals surface area contributed by atoms with Gasteiger partial charge in [-0.2, -0.15) is 0 Å². The lowest BCUT2D eigenvalue weighted by molar-refractivity contribution is 0.144. The molecule has 1 fully saturated rings. The summed E-state index contributed by atoms with van der Waals surface area (Å²) in [6.45, 7) is 4.29. The van der Waals surface area contributed by atoms with E-state index in [9.17, 15) is 30.3 Å². The van der Waals surface area contributed by atoms with E-state index in [1.54, 1.807) is 30.3 Å². The molecule has 5 unspecified atom stereocenters. The van der Waals surface area contributed by atoms with Crippen molar-refractivity contribution in [3.8, 4) is 39.9 Å². The first-order chi connectivity index (χ1) is 35.6. The molecule has 4 bridgehead atoms. The number of aliphatic hydroxyl groups is 4. The molecule has 13 heteroatoms. The molecule has 10 rings (SSSR count). The van der Waals surface area contributed by atoms with E-state index in [2.05, 4.69) is 65.7 Å². The number of benzene rings is 5. The van der Waals surface area contributed by atoms with E-state index in [1.165, 1.54) is 7.11 Å². The number of ether oxygens (including phenoxy) is 4. The number of nitrogens with zero attached hydrogens (tertiary/aromatic N) is 2. The molecule has 6 aromatic rings. The van der Waals surface area contributed by atoms with Crippen LogP contribution in [0.5, 0.6) is 28.7 Å². The van der Waals surface area contributed by atoms with Gasteiger partial charge in [0.15, 0.2) is 17.1 Å². The van der Waals surface area contributed by atoms with E-state index in [1.807, 2.05) is 36.4 Å². The molecule has 5 heterocycles. The molecule has 0 saturated carbocycles. The zero-order valence-corrected chi connectivity index (χ0v) is 41.9.